The van der Waals surface area contributed by atoms with E-state index in [0.717, 1.165) is 11.5 Å². The van der Waals surface area contributed by atoms with Crippen LogP contribution < -0.4 is 24.3 Å². The van der Waals surface area contributed by atoms with Gasteiger partial charge in [-0.2, -0.15) is 0 Å². The Kier molecular flexibility index (Phi) is 8.60. The van der Waals surface area contributed by atoms with E-state index in [2.05, 4.69) is 5.32 Å². The van der Waals surface area contributed by atoms with Crippen molar-refractivity contribution >= 4 is 11.6 Å². The topological polar surface area (TPSA) is 66.0 Å². The highest BCUT2D eigenvalue weighted by molar-refractivity contribution is 6.04. The van der Waals surface area contributed by atoms with Gasteiger partial charge in [0.15, 0.2) is 0 Å². The van der Waals surface area contributed by atoms with E-state index in [9.17, 15) is 4.79 Å². The van der Waals surface area contributed by atoms with Gasteiger partial charge in [-0.05, 0) is 54.6 Å². The van der Waals surface area contributed by atoms with E-state index in [4.69, 9.17) is 18.9 Å². The zero-order valence-electron chi connectivity index (χ0n) is 19.3. The van der Waals surface area contributed by atoms with Crippen LogP contribution in [0.3, 0.4) is 0 Å². The van der Waals surface area contributed by atoms with Gasteiger partial charge in [-0.15, -0.1) is 0 Å². The number of benzene rings is 4. The summed E-state index contributed by atoms with van der Waals surface area (Å²) in [5.74, 6) is 2.60. The molecular weight excluding hydrogens is 442 g/mol. The maximum Gasteiger partial charge on any atom is 0.255 e. The molecule has 6 heteroatoms. The second-order valence-electron chi connectivity index (χ2n) is 7.53. The van der Waals surface area contributed by atoms with Crippen LogP contribution in [0.2, 0.25) is 0 Å². The molecule has 0 fully saturated rings. The fourth-order valence-corrected chi connectivity index (χ4v) is 3.27. The van der Waals surface area contributed by atoms with Crippen molar-refractivity contribution in [1.82, 2.24) is 0 Å². The molecule has 0 aliphatic carbocycles. The average Bonchev–Trinajstić information content (AvgIpc) is 2.91. The molecule has 0 spiro atoms. The number of carbonyl (C=O) groups excluding carboxylic acids is 1. The van der Waals surface area contributed by atoms with Crippen molar-refractivity contribution in [2.45, 2.75) is 0 Å². The lowest BCUT2D eigenvalue weighted by atomic mass is 10.2. The Bertz CT molecular complexity index is 1200. The molecular formula is C29H27NO5. The second kappa shape index (κ2) is 12.7. The Morgan fingerprint density at radius 2 is 0.971 bits per heavy atom. The Morgan fingerprint density at radius 3 is 1.54 bits per heavy atom. The number of rotatable bonds is 12. The summed E-state index contributed by atoms with van der Waals surface area (Å²) in [6, 6.07) is 33.4. The van der Waals surface area contributed by atoms with Gasteiger partial charge in [-0.3, -0.25) is 4.79 Å². The van der Waals surface area contributed by atoms with E-state index in [-0.39, 0.29) is 5.91 Å². The van der Waals surface area contributed by atoms with Crippen LogP contribution in [0.15, 0.2) is 109 Å². The first-order chi connectivity index (χ1) is 17.3. The highest BCUT2D eigenvalue weighted by Crippen LogP contribution is 2.20. The van der Waals surface area contributed by atoms with E-state index < -0.39 is 0 Å². The highest BCUT2D eigenvalue weighted by atomic mass is 16.5. The van der Waals surface area contributed by atoms with Gasteiger partial charge < -0.3 is 24.3 Å². The van der Waals surface area contributed by atoms with E-state index in [0.29, 0.717) is 49.2 Å². The minimum atomic E-state index is -0.236. The molecule has 4 rings (SSSR count). The van der Waals surface area contributed by atoms with Crippen LogP contribution in [0.4, 0.5) is 5.69 Å². The minimum Gasteiger partial charge on any atom is -0.490 e. The molecule has 6 nitrogen and oxygen atoms in total. The Balaban J connectivity index is 1.23. The van der Waals surface area contributed by atoms with Crippen LogP contribution in [-0.4, -0.2) is 32.3 Å². The first kappa shape index (κ1) is 23.7. The number of amides is 1. The largest absolute Gasteiger partial charge is 0.490 e. The summed E-state index contributed by atoms with van der Waals surface area (Å²) in [7, 11) is 0. The summed E-state index contributed by atoms with van der Waals surface area (Å²) < 4.78 is 22.8. The van der Waals surface area contributed by atoms with Crippen molar-refractivity contribution < 1.29 is 23.7 Å². The van der Waals surface area contributed by atoms with Gasteiger partial charge >= 0.3 is 0 Å². The van der Waals surface area contributed by atoms with Crippen molar-refractivity contribution in [3.8, 4) is 23.0 Å². The normalized spacial score (nSPS) is 10.3. The molecule has 0 atom stereocenters. The van der Waals surface area contributed by atoms with Crippen molar-refractivity contribution in [2.75, 3.05) is 31.7 Å². The van der Waals surface area contributed by atoms with Crippen molar-refractivity contribution in [3.63, 3.8) is 0 Å². The number of nitrogens with one attached hydrogen (secondary N) is 1. The van der Waals surface area contributed by atoms with Gasteiger partial charge in [-0.25, -0.2) is 0 Å². The molecule has 0 aliphatic heterocycles. The van der Waals surface area contributed by atoms with Crippen LogP contribution >= 0.6 is 0 Å². The van der Waals surface area contributed by atoms with E-state index in [1.165, 1.54) is 0 Å². The molecule has 0 bridgehead atoms. The molecule has 35 heavy (non-hydrogen) atoms. The average molecular weight is 470 g/mol. The number of ether oxygens (including phenoxy) is 4. The van der Waals surface area contributed by atoms with Crippen LogP contribution in [0.5, 0.6) is 23.0 Å². The third kappa shape index (κ3) is 7.82. The Labute approximate surface area is 205 Å². The highest BCUT2D eigenvalue weighted by Gasteiger charge is 2.08. The predicted octanol–water partition coefficient (Wildman–Crippen LogP) is 5.85. The SMILES string of the molecule is O=C(Nc1cccc(OCCOc2ccccc2)c1)c1cccc(OCCOc2ccccc2)c1. The lowest BCUT2D eigenvalue weighted by Crippen LogP contribution is -2.13. The van der Waals surface area contributed by atoms with E-state index >= 15 is 0 Å². The van der Waals surface area contributed by atoms with Crippen LogP contribution in [0.25, 0.3) is 0 Å². The maximum absolute atomic E-state index is 12.8. The van der Waals surface area contributed by atoms with Gasteiger partial charge in [0.1, 0.15) is 49.4 Å². The molecule has 0 heterocycles. The summed E-state index contributed by atoms with van der Waals surface area (Å²) in [5.41, 5.74) is 1.13. The smallest absolute Gasteiger partial charge is 0.255 e. The third-order valence-electron chi connectivity index (χ3n) is 4.92. The minimum absolute atomic E-state index is 0.236. The van der Waals surface area contributed by atoms with Gasteiger partial charge in [0.25, 0.3) is 5.91 Å². The molecule has 0 saturated heterocycles. The lowest BCUT2D eigenvalue weighted by Gasteiger charge is -2.11. The van der Waals surface area contributed by atoms with Crippen molar-refractivity contribution in [1.29, 1.82) is 0 Å². The molecule has 4 aromatic rings. The first-order valence-electron chi connectivity index (χ1n) is 11.4. The number of anilines is 1. The number of hydrogen-bond acceptors (Lipinski definition) is 5. The Hall–Kier alpha value is -4.45. The standard InChI is InChI=1S/C29H27NO5/c31-29(23-9-7-15-27(21-23)34-19-17-32-25-11-3-1-4-12-25)30-24-10-8-16-28(22-24)35-20-18-33-26-13-5-2-6-14-26/h1-16,21-22H,17-20H2,(H,30,31). The molecule has 0 aromatic heterocycles. The number of para-hydroxylation sites is 2. The zero-order valence-corrected chi connectivity index (χ0v) is 19.3. The fraction of sp³-hybridized carbons (Fsp3) is 0.138. The van der Waals surface area contributed by atoms with Gasteiger partial charge in [0.05, 0.1) is 0 Å². The quantitative estimate of drug-likeness (QED) is 0.264. The molecule has 0 radical (unpaired) electrons. The van der Waals surface area contributed by atoms with Crippen molar-refractivity contribution in [2.24, 2.45) is 0 Å². The summed E-state index contributed by atoms with van der Waals surface area (Å²) in [6.45, 7) is 1.58. The summed E-state index contributed by atoms with van der Waals surface area (Å²) >= 11 is 0. The fourth-order valence-electron chi connectivity index (χ4n) is 3.27. The van der Waals surface area contributed by atoms with Gasteiger partial charge in [-0.1, -0.05) is 48.5 Å². The summed E-state index contributed by atoms with van der Waals surface area (Å²) in [5, 5.41) is 2.90. The molecule has 1 amide bonds. The first-order valence-corrected chi connectivity index (χ1v) is 11.4. The maximum atomic E-state index is 12.8. The van der Waals surface area contributed by atoms with E-state index in [1.54, 1.807) is 24.3 Å². The molecule has 1 N–H and O–H groups in total. The second-order valence-corrected chi connectivity index (χ2v) is 7.53. The number of carbonyl (C=O) groups is 1. The number of hydrogen-bond donors (Lipinski definition) is 1. The molecule has 0 saturated carbocycles. The molecule has 0 aliphatic rings. The molecule has 178 valence electrons. The van der Waals surface area contributed by atoms with Gasteiger partial charge in [0, 0.05) is 17.3 Å². The van der Waals surface area contributed by atoms with E-state index in [1.807, 2.05) is 84.9 Å². The monoisotopic (exact) mass is 469 g/mol. The lowest BCUT2D eigenvalue weighted by molar-refractivity contribution is 0.102. The molecule has 4 aromatic carbocycles. The van der Waals surface area contributed by atoms with Gasteiger partial charge in [0.2, 0.25) is 0 Å². The zero-order chi connectivity index (χ0) is 24.1. The predicted molar refractivity (Wildman–Crippen MR) is 136 cm³/mol. The summed E-state index contributed by atoms with van der Waals surface area (Å²) in [4.78, 5) is 12.8. The van der Waals surface area contributed by atoms with Crippen LogP contribution in [-0.2, 0) is 0 Å². The third-order valence-corrected chi connectivity index (χ3v) is 4.92. The Morgan fingerprint density at radius 1 is 0.514 bits per heavy atom. The molecule has 0 unspecified atom stereocenters. The van der Waals surface area contributed by atoms with Crippen LogP contribution in [0.1, 0.15) is 10.4 Å². The summed E-state index contributed by atoms with van der Waals surface area (Å²) in [6.07, 6.45) is 0. The van der Waals surface area contributed by atoms with Crippen molar-refractivity contribution in [3.05, 3.63) is 115 Å². The van der Waals surface area contributed by atoms with Crippen LogP contribution in [0, 0.1) is 0 Å².